The molecule has 1 amide bonds. The second-order valence-corrected chi connectivity index (χ2v) is 8.63. The van der Waals surface area contributed by atoms with E-state index in [9.17, 15) is 13.2 Å². The topological polar surface area (TPSA) is 84.9 Å². The molecule has 1 saturated heterocycles. The van der Waals surface area contributed by atoms with E-state index >= 15 is 0 Å². The highest BCUT2D eigenvalue weighted by Gasteiger charge is 2.28. The zero-order chi connectivity index (χ0) is 20.1. The first-order valence-corrected chi connectivity index (χ1v) is 10.5. The van der Waals surface area contributed by atoms with Crippen LogP contribution < -0.4 is 10.1 Å². The number of hydrogen-bond donors (Lipinski definition) is 1. The fourth-order valence-electron chi connectivity index (χ4n) is 2.76. The summed E-state index contributed by atoms with van der Waals surface area (Å²) >= 11 is 6.12. The molecule has 2 aromatic rings. The molecule has 0 saturated carbocycles. The number of nitrogens with one attached hydrogen (secondary N) is 1. The van der Waals surface area contributed by atoms with Crippen LogP contribution in [0.3, 0.4) is 0 Å². The number of sulfonamides is 1. The predicted octanol–water partition coefficient (Wildman–Crippen LogP) is 2.69. The number of halogens is 1. The second kappa shape index (κ2) is 8.91. The fraction of sp³-hybridized carbons (Fsp3) is 0.316. The van der Waals surface area contributed by atoms with Gasteiger partial charge in [-0.05, 0) is 42.8 Å². The maximum atomic E-state index is 12.8. The summed E-state index contributed by atoms with van der Waals surface area (Å²) in [5, 5.41) is 2.74. The normalized spacial score (nSPS) is 15.2. The molecule has 0 spiro atoms. The first kappa shape index (κ1) is 20.6. The summed E-state index contributed by atoms with van der Waals surface area (Å²) in [4.78, 5) is 12.1. The Hall–Kier alpha value is -2.13. The lowest BCUT2D eigenvalue weighted by Crippen LogP contribution is -2.40. The number of rotatable bonds is 6. The minimum atomic E-state index is -3.77. The fourth-order valence-corrected chi connectivity index (χ4v) is 4.66. The summed E-state index contributed by atoms with van der Waals surface area (Å²) in [7, 11) is -3.77. The van der Waals surface area contributed by atoms with Crippen LogP contribution in [0.5, 0.6) is 5.75 Å². The molecule has 9 heteroatoms. The molecule has 0 atom stereocenters. The van der Waals surface area contributed by atoms with Crippen LogP contribution in [-0.2, 0) is 19.6 Å². The van der Waals surface area contributed by atoms with Crippen molar-refractivity contribution in [1.82, 2.24) is 4.31 Å². The Labute approximate surface area is 169 Å². The number of ether oxygens (including phenoxy) is 2. The van der Waals surface area contributed by atoms with Crippen LogP contribution in [0.25, 0.3) is 0 Å². The van der Waals surface area contributed by atoms with Gasteiger partial charge in [-0.3, -0.25) is 4.79 Å². The van der Waals surface area contributed by atoms with Crippen LogP contribution in [0, 0.1) is 6.92 Å². The average molecular weight is 425 g/mol. The quantitative estimate of drug-likeness (QED) is 0.770. The molecule has 0 aliphatic carbocycles. The molecule has 1 fully saturated rings. The first-order valence-electron chi connectivity index (χ1n) is 8.73. The number of carbonyl (C=O) groups excluding carboxylic acids is 1. The van der Waals surface area contributed by atoms with Gasteiger partial charge < -0.3 is 14.8 Å². The van der Waals surface area contributed by atoms with E-state index < -0.39 is 15.9 Å². The summed E-state index contributed by atoms with van der Waals surface area (Å²) in [5.74, 6) is 0.181. The number of hydrogen-bond acceptors (Lipinski definition) is 5. The van der Waals surface area contributed by atoms with E-state index in [1.165, 1.54) is 16.4 Å². The van der Waals surface area contributed by atoms with Gasteiger partial charge in [0.2, 0.25) is 10.0 Å². The number of morpholine rings is 1. The van der Waals surface area contributed by atoms with Gasteiger partial charge in [-0.15, -0.1) is 0 Å². The Bertz CT molecular complexity index is 959. The van der Waals surface area contributed by atoms with Crippen molar-refractivity contribution in [2.75, 3.05) is 38.2 Å². The molecule has 1 aliphatic rings. The Kier molecular flexibility index (Phi) is 6.56. The van der Waals surface area contributed by atoms with E-state index in [0.717, 1.165) is 5.56 Å². The summed E-state index contributed by atoms with van der Waals surface area (Å²) in [5.41, 5.74) is 1.35. The van der Waals surface area contributed by atoms with E-state index in [0.29, 0.717) is 24.7 Å². The van der Waals surface area contributed by atoms with Crippen molar-refractivity contribution in [2.45, 2.75) is 11.8 Å². The van der Waals surface area contributed by atoms with Gasteiger partial charge in [-0.25, -0.2) is 8.42 Å². The number of nitrogens with zero attached hydrogens (tertiary/aromatic N) is 1. The van der Waals surface area contributed by atoms with Crippen molar-refractivity contribution in [2.24, 2.45) is 0 Å². The van der Waals surface area contributed by atoms with Gasteiger partial charge in [0.05, 0.1) is 18.2 Å². The van der Waals surface area contributed by atoms with Crippen LogP contribution in [-0.4, -0.2) is 51.5 Å². The third kappa shape index (κ3) is 5.02. The van der Waals surface area contributed by atoms with Crippen molar-refractivity contribution in [3.63, 3.8) is 0 Å². The Morgan fingerprint density at radius 1 is 1.21 bits per heavy atom. The molecule has 150 valence electrons. The predicted molar refractivity (Wildman–Crippen MR) is 106 cm³/mol. The zero-order valence-electron chi connectivity index (χ0n) is 15.4. The highest BCUT2D eigenvalue weighted by Crippen LogP contribution is 2.28. The van der Waals surface area contributed by atoms with Crippen molar-refractivity contribution < 1.29 is 22.7 Å². The van der Waals surface area contributed by atoms with E-state index in [-0.39, 0.29) is 29.6 Å². The van der Waals surface area contributed by atoms with Crippen molar-refractivity contribution in [1.29, 1.82) is 0 Å². The van der Waals surface area contributed by atoms with Gasteiger partial charge in [0.1, 0.15) is 10.6 Å². The Morgan fingerprint density at radius 2 is 1.96 bits per heavy atom. The molecule has 0 bridgehead atoms. The second-order valence-electron chi connectivity index (χ2n) is 6.32. The standard InChI is InChI=1S/C19H21ClN2O5S/c1-14-3-2-4-16(11-14)27-13-19(23)21-15-5-6-17(20)18(12-15)28(24,25)22-7-9-26-10-8-22/h2-6,11-12H,7-10,13H2,1H3,(H,21,23). The lowest BCUT2D eigenvalue weighted by atomic mass is 10.2. The maximum absolute atomic E-state index is 12.8. The minimum absolute atomic E-state index is 0.0477. The molecule has 2 aromatic carbocycles. The van der Waals surface area contributed by atoms with Crippen molar-refractivity contribution in [3.05, 3.63) is 53.1 Å². The Morgan fingerprint density at radius 3 is 2.68 bits per heavy atom. The van der Waals surface area contributed by atoms with Crippen LogP contribution in [0.1, 0.15) is 5.56 Å². The number of amides is 1. The molecule has 28 heavy (non-hydrogen) atoms. The highest BCUT2D eigenvalue weighted by molar-refractivity contribution is 7.89. The van der Waals surface area contributed by atoms with Gasteiger partial charge in [-0.2, -0.15) is 4.31 Å². The molecule has 1 N–H and O–H groups in total. The summed E-state index contributed by atoms with van der Waals surface area (Å²) < 4.78 is 37.7. The monoisotopic (exact) mass is 424 g/mol. The third-order valence-electron chi connectivity index (χ3n) is 4.16. The van der Waals surface area contributed by atoms with Crippen molar-refractivity contribution in [3.8, 4) is 5.75 Å². The number of benzene rings is 2. The van der Waals surface area contributed by atoms with Gasteiger partial charge in [-0.1, -0.05) is 23.7 Å². The van der Waals surface area contributed by atoms with E-state index in [1.807, 2.05) is 25.1 Å². The maximum Gasteiger partial charge on any atom is 0.262 e. The smallest absolute Gasteiger partial charge is 0.262 e. The zero-order valence-corrected chi connectivity index (χ0v) is 16.9. The molecule has 0 radical (unpaired) electrons. The van der Waals surface area contributed by atoms with Gasteiger partial charge in [0.15, 0.2) is 6.61 Å². The van der Waals surface area contributed by atoms with E-state index in [1.54, 1.807) is 12.1 Å². The number of carbonyl (C=O) groups is 1. The summed E-state index contributed by atoms with van der Waals surface area (Å²) in [6, 6.07) is 11.7. The SMILES string of the molecule is Cc1cccc(OCC(=O)Nc2ccc(Cl)c(S(=O)(=O)N3CCOCC3)c2)c1. The minimum Gasteiger partial charge on any atom is -0.484 e. The molecule has 7 nitrogen and oxygen atoms in total. The number of anilines is 1. The lowest BCUT2D eigenvalue weighted by Gasteiger charge is -2.26. The van der Waals surface area contributed by atoms with Crippen molar-refractivity contribution >= 4 is 33.2 Å². The van der Waals surface area contributed by atoms with E-state index in [2.05, 4.69) is 5.32 Å². The molecule has 1 aliphatic heterocycles. The first-order chi connectivity index (χ1) is 13.4. The number of aryl methyl sites for hydroxylation is 1. The average Bonchev–Trinajstić information content (AvgIpc) is 2.68. The molecular formula is C19H21ClN2O5S. The Balaban J connectivity index is 1.69. The van der Waals surface area contributed by atoms with Crippen LogP contribution in [0.4, 0.5) is 5.69 Å². The molecular weight excluding hydrogens is 404 g/mol. The molecule has 0 unspecified atom stereocenters. The van der Waals surface area contributed by atoms with Crippen LogP contribution in [0.15, 0.2) is 47.4 Å². The molecule has 0 aromatic heterocycles. The van der Waals surface area contributed by atoms with Gasteiger partial charge in [0.25, 0.3) is 5.91 Å². The van der Waals surface area contributed by atoms with E-state index in [4.69, 9.17) is 21.1 Å². The van der Waals surface area contributed by atoms with Gasteiger partial charge in [0, 0.05) is 18.8 Å². The lowest BCUT2D eigenvalue weighted by molar-refractivity contribution is -0.118. The highest BCUT2D eigenvalue weighted by atomic mass is 35.5. The third-order valence-corrected chi connectivity index (χ3v) is 6.54. The van der Waals surface area contributed by atoms with Crippen LogP contribution >= 0.6 is 11.6 Å². The molecule has 3 rings (SSSR count). The largest absolute Gasteiger partial charge is 0.484 e. The molecule has 1 heterocycles. The summed E-state index contributed by atoms with van der Waals surface area (Å²) in [6.07, 6.45) is 0. The van der Waals surface area contributed by atoms with Gasteiger partial charge >= 0.3 is 0 Å². The van der Waals surface area contributed by atoms with Crippen LogP contribution in [0.2, 0.25) is 5.02 Å². The summed E-state index contributed by atoms with van der Waals surface area (Å²) in [6.45, 7) is 2.93.